The summed E-state index contributed by atoms with van der Waals surface area (Å²) in [7, 11) is 1.21. The zero-order valence-electron chi connectivity index (χ0n) is 24.5. The van der Waals surface area contributed by atoms with Gasteiger partial charge in [-0.25, -0.2) is 0 Å². The molecule has 0 saturated carbocycles. The third kappa shape index (κ3) is 6.93. The van der Waals surface area contributed by atoms with Crippen molar-refractivity contribution in [2.24, 2.45) is 5.92 Å². The second-order valence-corrected chi connectivity index (χ2v) is 12.4. The molecule has 0 spiro atoms. The first kappa shape index (κ1) is 32.2. The molecule has 0 aliphatic carbocycles. The van der Waals surface area contributed by atoms with Crippen molar-refractivity contribution < 1.29 is 37.7 Å². The van der Waals surface area contributed by atoms with Crippen molar-refractivity contribution in [2.45, 2.75) is 116 Å². The maximum absolute atomic E-state index is 12.5. The van der Waals surface area contributed by atoms with E-state index in [0.29, 0.717) is 12.3 Å². The molecule has 2 rings (SSSR count). The van der Waals surface area contributed by atoms with Crippen LogP contribution in [0, 0.1) is 5.92 Å². The average Bonchev–Trinajstić information content (AvgIpc) is 3.14. The second kappa shape index (κ2) is 12.0. The Balaban J connectivity index is 2.64. The van der Waals surface area contributed by atoms with Gasteiger partial charge in [-0.05, 0) is 87.0 Å². The molecule has 0 amide bonds. The van der Waals surface area contributed by atoms with Crippen LogP contribution in [0.1, 0.15) is 88.0 Å². The number of hydrogen-bond donors (Lipinski definition) is 0. The van der Waals surface area contributed by atoms with Gasteiger partial charge in [0.25, 0.3) is 0 Å². The number of unbranched alkanes of at least 4 members (excludes halogenated alkanes) is 1. The Morgan fingerprint density at radius 2 is 1.22 bits per heavy atom. The van der Waals surface area contributed by atoms with Crippen LogP contribution in [0.5, 0.6) is 0 Å². The molecule has 2 aliphatic heterocycles. The van der Waals surface area contributed by atoms with E-state index in [2.05, 4.69) is 0 Å². The number of methoxy groups -OCH3 is 2. The third-order valence-electron chi connectivity index (χ3n) is 8.38. The molecular formula is C26H45B2ClO8. The maximum Gasteiger partial charge on any atom is 0.490 e. The lowest BCUT2D eigenvalue weighted by molar-refractivity contribution is -0.158. The van der Waals surface area contributed by atoms with Crippen LogP contribution < -0.4 is 0 Å². The number of carbonyl (C=O) groups is 2. The van der Waals surface area contributed by atoms with Crippen LogP contribution in [0.3, 0.4) is 0 Å². The first-order valence-electron chi connectivity index (χ1n) is 13.1. The molecule has 0 aromatic heterocycles. The number of ether oxygens (including phenoxy) is 2. The lowest BCUT2D eigenvalue weighted by Crippen LogP contribution is -2.41. The Morgan fingerprint density at radius 1 is 0.784 bits per heavy atom. The minimum atomic E-state index is -1.12. The van der Waals surface area contributed by atoms with Crippen molar-refractivity contribution in [3.8, 4) is 0 Å². The zero-order valence-corrected chi connectivity index (χ0v) is 25.2. The summed E-state index contributed by atoms with van der Waals surface area (Å²) in [4.78, 5) is 25.1. The summed E-state index contributed by atoms with van der Waals surface area (Å²) >= 11 is 6.02. The van der Waals surface area contributed by atoms with Crippen LogP contribution in [0.4, 0.5) is 0 Å². The van der Waals surface area contributed by atoms with Gasteiger partial charge in [-0.15, -0.1) is 11.6 Å². The number of allylic oxidation sites excluding steroid dienone is 2. The van der Waals surface area contributed by atoms with Gasteiger partial charge < -0.3 is 28.1 Å². The fourth-order valence-electron chi connectivity index (χ4n) is 4.58. The maximum atomic E-state index is 12.5. The number of halogens is 1. The van der Waals surface area contributed by atoms with Crippen LogP contribution in [-0.2, 0) is 37.7 Å². The summed E-state index contributed by atoms with van der Waals surface area (Å²) in [6.45, 7) is 17.9. The van der Waals surface area contributed by atoms with Crippen molar-refractivity contribution >= 4 is 37.8 Å². The molecule has 0 radical (unpaired) electrons. The molecule has 2 fully saturated rings. The Morgan fingerprint density at radius 3 is 1.62 bits per heavy atom. The minimum absolute atomic E-state index is 0.0876. The van der Waals surface area contributed by atoms with Gasteiger partial charge >= 0.3 is 26.2 Å². The lowest BCUT2D eigenvalue weighted by Gasteiger charge is -2.32. The van der Waals surface area contributed by atoms with Crippen LogP contribution in [0.15, 0.2) is 11.0 Å². The summed E-state index contributed by atoms with van der Waals surface area (Å²) in [6, 6.07) is 0. The second-order valence-electron chi connectivity index (χ2n) is 12.0. The van der Waals surface area contributed by atoms with Crippen LogP contribution in [0.2, 0.25) is 5.82 Å². The standard InChI is InChI=1S/C26H45B2ClO8/c1-17(16-18(21(30)32-10)22(31)33-11)20(28-36-25(6,7)26(8,9)37-28)19(14-12-13-15-29)27-34-23(2,3)24(4,5)35-27/h18-19H,12-16H2,1-11H3/b20-17-. The van der Waals surface area contributed by atoms with Gasteiger partial charge in [0.05, 0.1) is 36.6 Å². The van der Waals surface area contributed by atoms with E-state index in [-0.39, 0.29) is 12.2 Å². The monoisotopic (exact) mass is 542 g/mol. The van der Waals surface area contributed by atoms with Crippen LogP contribution >= 0.6 is 11.6 Å². The molecule has 2 aliphatic rings. The molecule has 1 unspecified atom stereocenters. The van der Waals surface area contributed by atoms with Gasteiger partial charge in [0.2, 0.25) is 0 Å². The molecule has 1 atom stereocenters. The Hall–Kier alpha value is -1.06. The summed E-state index contributed by atoms with van der Waals surface area (Å²) in [5.41, 5.74) is -0.696. The van der Waals surface area contributed by atoms with Gasteiger partial charge in [0, 0.05) is 11.7 Å². The molecule has 11 heteroatoms. The van der Waals surface area contributed by atoms with E-state index in [9.17, 15) is 9.59 Å². The number of esters is 2. The normalized spacial score (nSPS) is 23.2. The van der Waals surface area contributed by atoms with E-state index in [1.807, 2.05) is 62.3 Å². The van der Waals surface area contributed by atoms with Crippen molar-refractivity contribution in [3.05, 3.63) is 11.0 Å². The molecule has 210 valence electrons. The fraction of sp³-hybridized carbons (Fsp3) is 0.846. The molecule has 8 nitrogen and oxygen atoms in total. The highest BCUT2D eigenvalue weighted by Gasteiger charge is 2.59. The lowest BCUT2D eigenvalue weighted by atomic mass is 9.54. The number of carbonyl (C=O) groups excluding carboxylic acids is 2. The number of alkyl halides is 1. The van der Waals surface area contributed by atoms with E-state index >= 15 is 0 Å². The van der Waals surface area contributed by atoms with E-state index in [0.717, 1.165) is 23.9 Å². The molecule has 0 aromatic rings. The number of hydrogen-bond acceptors (Lipinski definition) is 8. The molecular weight excluding hydrogens is 497 g/mol. The van der Waals surface area contributed by atoms with E-state index in [4.69, 9.17) is 39.7 Å². The molecule has 0 bridgehead atoms. The molecule has 0 N–H and O–H groups in total. The van der Waals surface area contributed by atoms with Gasteiger partial charge in [-0.3, -0.25) is 9.59 Å². The molecule has 37 heavy (non-hydrogen) atoms. The summed E-state index contributed by atoms with van der Waals surface area (Å²) in [5.74, 6) is -2.16. The number of rotatable bonds is 11. The van der Waals surface area contributed by atoms with E-state index < -0.39 is 54.5 Å². The van der Waals surface area contributed by atoms with Crippen molar-refractivity contribution in [3.63, 3.8) is 0 Å². The van der Waals surface area contributed by atoms with Crippen molar-refractivity contribution in [1.82, 2.24) is 0 Å². The highest BCUT2D eigenvalue weighted by atomic mass is 35.5. The van der Waals surface area contributed by atoms with Gasteiger partial charge in [-0.2, -0.15) is 0 Å². The quantitative estimate of drug-likeness (QED) is 0.116. The van der Waals surface area contributed by atoms with Crippen LogP contribution in [-0.4, -0.2) is 68.7 Å². The predicted molar refractivity (Wildman–Crippen MR) is 145 cm³/mol. The van der Waals surface area contributed by atoms with Crippen molar-refractivity contribution in [1.29, 1.82) is 0 Å². The first-order valence-corrected chi connectivity index (χ1v) is 13.6. The molecule has 0 aromatic carbocycles. The largest absolute Gasteiger partial charge is 0.490 e. The topological polar surface area (TPSA) is 89.5 Å². The molecule has 2 heterocycles. The van der Waals surface area contributed by atoms with Crippen molar-refractivity contribution in [2.75, 3.05) is 20.1 Å². The summed E-state index contributed by atoms with van der Waals surface area (Å²) < 4.78 is 35.9. The summed E-state index contributed by atoms with van der Waals surface area (Å²) in [6.07, 6.45) is 2.43. The van der Waals surface area contributed by atoms with E-state index in [1.165, 1.54) is 14.2 Å². The molecule has 2 saturated heterocycles. The van der Waals surface area contributed by atoms with Gasteiger partial charge in [0.1, 0.15) is 0 Å². The smallest absolute Gasteiger partial charge is 0.468 e. The summed E-state index contributed by atoms with van der Waals surface area (Å²) in [5, 5.41) is 0. The highest BCUT2D eigenvalue weighted by Crippen LogP contribution is 2.48. The zero-order chi connectivity index (χ0) is 28.4. The van der Waals surface area contributed by atoms with Crippen LogP contribution in [0.25, 0.3) is 0 Å². The van der Waals surface area contributed by atoms with E-state index in [1.54, 1.807) is 0 Å². The Bertz CT molecular complexity index is 823. The third-order valence-corrected chi connectivity index (χ3v) is 8.65. The minimum Gasteiger partial charge on any atom is -0.468 e. The average molecular weight is 543 g/mol. The predicted octanol–water partition coefficient (Wildman–Crippen LogP) is 5.16. The highest BCUT2D eigenvalue weighted by molar-refractivity contribution is 6.61. The fourth-order valence-corrected chi connectivity index (χ4v) is 4.77. The van der Waals surface area contributed by atoms with Gasteiger partial charge in [0.15, 0.2) is 5.92 Å². The SMILES string of the molecule is COC(=O)C(C/C(C)=C(\B1OC(C)(C)C(C)(C)O1)C(CCCCCl)B1OC(C)(C)C(C)(C)O1)C(=O)OC. The van der Waals surface area contributed by atoms with Gasteiger partial charge in [-0.1, -0.05) is 12.0 Å². The Labute approximate surface area is 228 Å². The Kier molecular flexibility index (Phi) is 10.4. The first-order chi connectivity index (χ1) is 16.9.